The average Bonchev–Trinajstić information content (AvgIpc) is 2.83. The third-order valence-corrected chi connectivity index (χ3v) is 7.50. The van der Waals surface area contributed by atoms with E-state index in [0.29, 0.717) is 12.5 Å². The van der Waals surface area contributed by atoms with Crippen molar-refractivity contribution in [2.75, 3.05) is 13.1 Å². The topological polar surface area (TPSA) is 40.5 Å². The van der Waals surface area contributed by atoms with E-state index >= 15 is 0 Å². The van der Waals surface area contributed by atoms with Crippen LogP contribution < -0.4 is 0 Å². The van der Waals surface area contributed by atoms with Gasteiger partial charge in [-0.05, 0) is 39.3 Å². The molecule has 0 aliphatic heterocycles. The minimum atomic E-state index is -0.656. The Kier molecular flexibility index (Phi) is 26.6. The molecular formula is C31H63NO2. The lowest BCUT2D eigenvalue weighted by Crippen LogP contribution is -2.35. The number of carboxylic acids is 1. The number of carbonyl (C=O) groups is 1. The van der Waals surface area contributed by atoms with E-state index in [1.165, 1.54) is 141 Å². The van der Waals surface area contributed by atoms with Gasteiger partial charge in [-0.15, -0.1) is 0 Å². The number of rotatable bonds is 28. The molecule has 0 amide bonds. The zero-order valence-corrected chi connectivity index (χ0v) is 23.8. The van der Waals surface area contributed by atoms with E-state index in [1.807, 2.05) is 0 Å². The Bertz CT molecular complexity index is 386. The van der Waals surface area contributed by atoms with E-state index in [0.717, 1.165) is 19.5 Å². The van der Waals surface area contributed by atoms with Crippen molar-refractivity contribution in [1.82, 2.24) is 4.90 Å². The average molecular weight is 482 g/mol. The molecular weight excluding hydrogens is 418 g/mol. The lowest BCUT2D eigenvalue weighted by Gasteiger charge is -2.29. The predicted octanol–water partition coefficient (Wildman–Crippen LogP) is 10.2. The molecule has 0 heterocycles. The SMILES string of the molecule is CCCCCCCCCCCCCN(CCCCCCCCCCCCC)C(C)CCC(=O)O. The summed E-state index contributed by atoms with van der Waals surface area (Å²) < 4.78 is 0. The number of carboxylic acid groups (broad SMARTS) is 1. The molecule has 3 heteroatoms. The highest BCUT2D eigenvalue weighted by Crippen LogP contribution is 2.15. The second-order valence-electron chi connectivity index (χ2n) is 10.9. The molecule has 0 aliphatic carbocycles. The van der Waals surface area contributed by atoms with Crippen LogP contribution in [0.15, 0.2) is 0 Å². The van der Waals surface area contributed by atoms with Gasteiger partial charge in [-0.25, -0.2) is 0 Å². The Morgan fingerprint density at radius 1 is 0.559 bits per heavy atom. The first kappa shape index (κ1) is 33.4. The first-order chi connectivity index (χ1) is 16.6. The second-order valence-corrected chi connectivity index (χ2v) is 10.9. The zero-order chi connectivity index (χ0) is 25.1. The molecule has 1 atom stereocenters. The second kappa shape index (κ2) is 27.0. The standard InChI is InChI=1S/C31H63NO2/c1-4-6-8-10-12-14-16-18-20-22-24-28-32(30(3)26-27-31(33)34)29-25-23-21-19-17-15-13-11-9-7-5-2/h30H,4-29H2,1-3H3,(H,33,34). The molecule has 1 unspecified atom stereocenters. The van der Waals surface area contributed by atoms with Crippen LogP contribution in [0.25, 0.3) is 0 Å². The molecule has 0 radical (unpaired) electrons. The van der Waals surface area contributed by atoms with Gasteiger partial charge in [0, 0.05) is 12.5 Å². The minimum Gasteiger partial charge on any atom is -0.481 e. The summed E-state index contributed by atoms with van der Waals surface area (Å²) in [4.78, 5) is 13.6. The first-order valence-electron chi connectivity index (χ1n) is 15.6. The number of hydrogen-bond donors (Lipinski definition) is 1. The Labute approximate surface area is 214 Å². The maximum absolute atomic E-state index is 11.0. The Hall–Kier alpha value is -0.570. The molecule has 0 saturated heterocycles. The summed E-state index contributed by atoms with van der Waals surface area (Å²) in [7, 11) is 0. The molecule has 0 spiro atoms. The molecule has 0 aliphatic rings. The normalized spacial score (nSPS) is 12.5. The third-order valence-electron chi connectivity index (χ3n) is 7.50. The number of nitrogens with zero attached hydrogens (tertiary/aromatic N) is 1. The summed E-state index contributed by atoms with van der Waals surface area (Å²) in [6.45, 7) is 9.10. The Morgan fingerprint density at radius 3 is 1.15 bits per heavy atom. The minimum absolute atomic E-state index is 0.300. The van der Waals surface area contributed by atoms with Gasteiger partial charge in [0.2, 0.25) is 0 Å². The van der Waals surface area contributed by atoms with Gasteiger partial charge in [0.05, 0.1) is 0 Å². The highest BCUT2D eigenvalue weighted by atomic mass is 16.4. The monoisotopic (exact) mass is 481 g/mol. The Balaban J connectivity index is 3.87. The van der Waals surface area contributed by atoms with Gasteiger partial charge in [0.15, 0.2) is 0 Å². The van der Waals surface area contributed by atoms with Gasteiger partial charge in [0.1, 0.15) is 0 Å². The van der Waals surface area contributed by atoms with E-state index < -0.39 is 5.97 Å². The summed E-state index contributed by atoms with van der Waals surface area (Å²) in [5.41, 5.74) is 0. The van der Waals surface area contributed by atoms with Crippen LogP contribution in [0.2, 0.25) is 0 Å². The van der Waals surface area contributed by atoms with Crippen molar-refractivity contribution >= 4 is 5.97 Å². The van der Waals surface area contributed by atoms with Crippen molar-refractivity contribution in [3.8, 4) is 0 Å². The van der Waals surface area contributed by atoms with Crippen molar-refractivity contribution in [1.29, 1.82) is 0 Å². The van der Waals surface area contributed by atoms with Crippen LogP contribution in [-0.2, 0) is 4.79 Å². The van der Waals surface area contributed by atoms with E-state index in [9.17, 15) is 4.79 Å². The molecule has 0 aromatic heterocycles. The van der Waals surface area contributed by atoms with Crippen molar-refractivity contribution in [3.05, 3.63) is 0 Å². The molecule has 0 aromatic rings. The van der Waals surface area contributed by atoms with Crippen LogP contribution in [0, 0.1) is 0 Å². The third kappa shape index (κ3) is 24.6. The van der Waals surface area contributed by atoms with Gasteiger partial charge < -0.3 is 10.0 Å². The molecule has 204 valence electrons. The summed E-state index contributed by atoms with van der Waals surface area (Å²) in [6, 6.07) is 0.391. The van der Waals surface area contributed by atoms with Crippen LogP contribution in [0.3, 0.4) is 0 Å². The highest BCUT2D eigenvalue weighted by Gasteiger charge is 2.14. The van der Waals surface area contributed by atoms with Crippen LogP contribution in [-0.4, -0.2) is 35.1 Å². The first-order valence-corrected chi connectivity index (χ1v) is 15.6. The smallest absolute Gasteiger partial charge is 0.303 e. The van der Waals surface area contributed by atoms with Crippen LogP contribution in [0.4, 0.5) is 0 Å². The van der Waals surface area contributed by atoms with E-state index in [1.54, 1.807) is 0 Å². The van der Waals surface area contributed by atoms with Gasteiger partial charge in [-0.3, -0.25) is 4.79 Å². The maximum atomic E-state index is 11.0. The summed E-state index contributed by atoms with van der Waals surface area (Å²) in [6.07, 6.45) is 31.5. The summed E-state index contributed by atoms with van der Waals surface area (Å²) in [5.74, 6) is -0.656. The zero-order valence-electron chi connectivity index (χ0n) is 23.8. The fourth-order valence-electron chi connectivity index (χ4n) is 5.03. The fraction of sp³-hybridized carbons (Fsp3) is 0.968. The van der Waals surface area contributed by atoms with Crippen molar-refractivity contribution < 1.29 is 9.90 Å². The van der Waals surface area contributed by atoms with E-state index in [4.69, 9.17) is 5.11 Å². The number of unbranched alkanes of at least 4 members (excludes halogenated alkanes) is 20. The fourth-order valence-corrected chi connectivity index (χ4v) is 5.03. The van der Waals surface area contributed by atoms with Gasteiger partial charge >= 0.3 is 5.97 Å². The van der Waals surface area contributed by atoms with Gasteiger partial charge in [-0.1, -0.05) is 142 Å². The van der Waals surface area contributed by atoms with Gasteiger partial charge in [-0.2, -0.15) is 0 Å². The van der Waals surface area contributed by atoms with Crippen LogP contribution in [0.1, 0.15) is 175 Å². The number of aliphatic carboxylic acids is 1. The molecule has 1 N–H and O–H groups in total. The quantitative estimate of drug-likeness (QED) is 0.113. The molecule has 0 bridgehead atoms. The lowest BCUT2D eigenvalue weighted by atomic mass is 10.0. The number of hydrogen-bond acceptors (Lipinski definition) is 2. The van der Waals surface area contributed by atoms with Crippen molar-refractivity contribution in [2.24, 2.45) is 0 Å². The molecule has 0 fully saturated rings. The maximum Gasteiger partial charge on any atom is 0.303 e. The van der Waals surface area contributed by atoms with E-state index in [-0.39, 0.29) is 0 Å². The van der Waals surface area contributed by atoms with Gasteiger partial charge in [0.25, 0.3) is 0 Å². The van der Waals surface area contributed by atoms with E-state index in [2.05, 4.69) is 25.7 Å². The van der Waals surface area contributed by atoms with Crippen molar-refractivity contribution in [2.45, 2.75) is 181 Å². The summed E-state index contributed by atoms with van der Waals surface area (Å²) >= 11 is 0. The molecule has 3 nitrogen and oxygen atoms in total. The highest BCUT2D eigenvalue weighted by molar-refractivity contribution is 5.66. The van der Waals surface area contributed by atoms with Crippen LogP contribution >= 0.6 is 0 Å². The molecule has 0 rings (SSSR count). The molecule has 34 heavy (non-hydrogen) atoms. The predicted molar refractivity (Wildman–Crippen MR) is 151 cm³/mol. The summed E-state index contributed by atoms with van der Waals surface area (Å²) in [5, 5.41) is 9.08. The molecule has 0 aromatic carbocycles. The molecule has 0 saturated carbocycles. The Morgan fingerprint density at radius 2 is 0.853 bits per heavy atom. The largest absolute Gasteiger partial charge is 0.481 e. The van der Waals surface area contributed by atoms with Crippen LogP contribution in [0.5, 0.6) is 0 Å². The lowest BCUT2D eigenvalue weighted by molar-refractivity contribution is -0.137. The van der Waals surface area contributed by atoms with Crippen molar-refractivity contribution in [3.63, 3.8) is 0 Å².